The number of hydrogen-bond donors (Lipinski definition) is 1. The van der Waals surface area contributed by atoms with Gasteiger partial charge in [0.2, 0.25) is 0 Å². The van der Waals surface area contributed by atoms with Crippen LogP contribution in [-0.4, -0.2) is 48.3 Å². The van der Waals surface area contributed by atoms with Gasteiger partial charge in [-0.25, -0.2) is 0 Å². The second-order valence-electron chi connectivity index (χ2n) is 5.22. The first-order valence-electron chi connectivity index (χ1n) is 7.14. The van der Waals surface area contributed by atoms with Crippen molar-refractivity contribution in [2.45, 2.75) is 52.5 Å². The molecular formula is C14H27NO3. The van der Waals surface area contributed by atoms with Crippen molar-refractivity contribution in [2.75, 3.05) is 26.3 Å². The molecule has 1 N–H and O–H groups in total. The first-order chi connectivity index (χ1) is 8.62. The number of hydrogen-bond acceptors (Lipinski definition) is 4. The molecule has 1 unspecified atom stereocenters. The van der Waals surface area contributed by atoms with Gasteiger partial charge < -0.3 is 9.84 Å². The SMILES string of the molecule is CCOC(=O)C(CC)N1CCC(CC)(CO)CC1. The monoisotopic (exact) mass is 257 g/mol. The molecule has 0 saturated carbocycles. The van der Waals surface area contributed by atoms with Crippen molar-refractivity contribution < 1.29 is 14.6 Å². The molecule has 1 rings (SSSR count). The molecule has 0 bridgehead atoms. The van der Waals surface area contributed by atoms with Crippen molar-refractivity contribution in [1.29, 1.82) is 0 Å². The van der Waals surface area contributed by atoms with Gasteiger partial charge in [0.15, 0.2) is 0 Å². The number of rotatable bonds is 6. The lowest BCUT2D eigenvalue weighted by molar-refractivity contribution is -0.151. The van der Waals surface area contributed by atoms with Crippen LogP contribution in [0.15, 0.2) is 0 Å². The number of ether oxygens (including phenoxy) is 1. The maximum absolute atomic E-state index is 11.9. The van der Waals surface area contributed by atoms with Gasteiger partial charge in [0.05, 0.1) is 6.61 Å². The molecule has 1 saturated heterocycles. The van der Waals surface area contributed by atoms with Crippen LogP contribution in [0.3, 0.4) is 0 Å². The van der Waals surface area contributed by atoms with Gasteiger partial charge in [-0.3, -0.25) is 9.69 Å². The third-order valence-electron chi connectivity index (χ3n) is 4.33. The summed E-state index contributed by atoms with van der Waals surface area (Å²) in [4.78, 5) is 14.1. The van der Waals surface area contributed by atoms with Crippen LogP contribution in [0.25, 0.3) is 0 Å². The first kappa shape index (κ1) is 15.4. The number of nitrogens with zero attached hydrogens (tertiary/aromatic N) is 1. The summed E-state index contributed by atoms with van der Waals surface area (Å²) in [5.41, 5.74) is 0.0729. The average molecular weight is 257 g/mol. The molecule has 1 aliphatic rings. The van der Waals surface area contributed by atoms with Gasteiger partial charge in [0.25, 0.3) is 0 Å². The van der Waals surface area contributed by atoms with Crippen LogP contribution >= 0.6 is 0 Å². The molecule has 106 valence electrons. The van der Waals surface area contributed by atoms with Gasteiger partial charge in [-0.15, -0.1) is 0 Å². The Morgan fingerprint density at radius 1 is 1.33 bits per heavy atom. The normalized spacial score (nSPS) is 21.6. The highest BCUT2D eigenvalue weighted by Gasteiger charge is 2.36. The molecule has 0 aromatic rings. The van der Waals surface area contributed by atoms with Crippen LogP contribution in [0, 0.1) is 5.41 Å². The Labute approximate surface area is 110 Å². The van der Waals surface area contributed by atoms with E-state index in [9.17, 15) is 9.90 Å². The van der Waals surface area contributed by atoms with Crippen LogP contribution in [0.4, 0.5) is 0 Å². The van der Waals surface area contributed by atoms with E-state index in [0.717, 1.165) is 38.8 Å². The van der Waals surface area contributed by atoms with E-state index >= 15 is 0 Å². The van der Waals surface area contributed by atoms with E-state index in [1.165, 1.54) is 0 Å². The van der Waals surface area contributed by atoms with E-state index in [0.29, 0.717) is 6.61 Å². The zero-order chi connectivity index (χ0) is 13.6. The molecule has 1 aliphatic heterocycles. The number of piperidine rings is 1. The number of aliphatic hydroxyl groups excluding tert-OH is 1. The quantitative estimate of drug-likeness (QED) is 0.737. The Morgan fingerprint density at radius 2 is 1.94 bits per heavy atom. The van der Waals surface area contributed by atoms with E-state index in [-0.39, 0.29) is 24.0 Å². The van der Waals surface area contributed by atoms with Gasteiger partial charge in [-0.05, 0) is 51.1 Å². The minimum absolute atomic E-state index is 0.0729. The summed E-state index contributed by atoms with van der Waals surface area (Å²) in [5, 5.41) is 9.51. The molecule has 4 heteroatoms. The van der Waals surface area contributed by atoms with Crippen LogP contribution in [0.1, 0.15) is 46.5 Å². The second kappa shape index (κ2) is 7.10. The Balaban J connectivity index is 2.57. The molecule has 1 fully saturated rings. The number of aliphatic hydroxyl groups is 1. The van der Waals surface area contributed by atoms with Crippen LogP contribution in [-0.2, 0) is 9.53 Å². The molecule has 0 amide bonds. The fraction of sp³-hybridized carbons (Fsp3) is 0.929. The van der Waals surface area contributed by atoms with E-state index < -0.39 is 0 Å². The summed E-state index contributed by atoms with van der Waals surface area (Å²) in [5.74, 6) is -0.104. The first-order valence-corrected chi connectivity index (χ1v) is 7.14. The summed E-state index contributed by atoms with van der Waals surface area (Å²) in [6.07, 6.45) is 3.73. The van der Waals surface area contributed by atoms with Crippen molar-refractivity contribution in [3.8, 4) is 0 Å². The lowest BCUT2D eigenvalue weighted by atomic mass is 9.76. The fourth-order valence-corrected chi connectivity index (χ4v) is 2.75. The molecule has 0 aliphatic carbocycles. The van der Waals surface area contributed by atoms with Gasteiger partial charge in [0, 0.05) is 6.61 Å². The van der Waals surface area contributed by atoms with E-state index in [1.54, 1.807) is 0 Å². The topological polar surface area (TPSA) is 49.8 Å². The van der Waals surface area contributed by atoms with Gasteiger partial charge in [0.1, 0.15) is 6.04 Å². The molecule has 1 atom stereocenters. The van der Waals surface area contributed by atoms with E-state index in [4.69, 9.17) is 4.74 Å². The van der Waals surface area contributed by atoms with Crippen LogP contribution in [0.2, 0.25) is 0 Å². The lowest BCUT2D eigenvalue weighted by Crippen LogP contribution is -2.49. The third kappa shape index (κ3) is 3.45. The van der Waals surface area contributed by atoms with E-state index in [2.05, 4.69) is 11.8 Å². The Kier molecular flexibility index (Phi) is 6.09. The average Bonchev–Trinajstić information content (AvgIpc) is 2.41. The Bertz CT molecular complexity index is 254. The smallest absolute Gasteiger partial charge is 0.323 e. The predicted molar refractivity (Wildman–Crippen MR) is 71.3 cm³/mol. The molecule has 0 aromatic carbocycles. The van der Waals surface area contributed by atoms with Crippen molar-refractivity contribution in [3.63, 3.8) is 0 Å². The molecule has 1 heterocycles. The summed E-state index contributed by atoms with van der Waals surface area (Å²) < 4.78 is 5.12. The number of carbonyl (C=O) groups excluding carboxylic acids is 1. The summed E-state index contributed by atoms with van der Waals surface area (Å²) in [6.45, 7) is 8.46. The van der Waals surface area contributed by atoms with E-state index in [1.807, 2.05) is 13.8 Å². The fourth-order valence-electron chi connectivity index (χ4n) is 2.75. The minimum atomic E-state index is -0.113. The van der Waals surface area contributed by atoms with Gasteiger partial charge >= 0.3 is 5.97 Å². The predicted octanol–water partition coefficient (Wildman–Crippen LogP) is 1.81. The van der Waals surface area contributed by atoms with Gasteiger partial charge in [-0.2, -0.15) is 0 Å². The zero-order valence-corrected chi connectivity index (χ0v) is 11.9. The van der Waals surface area contributed by atoms with Crippen molar-refractivity contribution in [1.82, 2.24) is 4.90 Å². The molecular weight excluding hydrogens is 230 g/mol. The summed E-state index contributed by atoms with van der Waals surface area (Å²) >= 11 is 0. The van der Waals surface area contributed by atoms with Crippen LogP contribution in [0.5, 0.6) is 0 Å². The number of likely N-dealkylation sites (tertiary alicyclic amines) is 1. The van der Waals surface area contributed by atoms with Crippen molar-refractivity contribution in [2.24, 2.45) is 5.41 Å². The highest BCUT2D eigenvalue weighted by Crippen LogP contribution is 2.35. The molecule has 18 heavy (non-hydrogen) atoms. The largest absolute Gasteiger partial charge is 0.465 e. The Hall–Kier alpha value is -0.610. The molecule has 0 spiro atoms. The van der Waals surface area contributed by atoms with Crippen molar-refractivity contribution in [3.05, 3.63) is 0 Å². The molecule has 4 nitrogen and oxygen atoms in total. The minimum Gasteiger partial charge on any atom is -0.465 e. The lowest BCUT2D eigenvalue weighted by Gasteiger charge is -2.42. The molecule has 0 radical (unpaired) electrons. The highest BCUT2D eigenvalue weighted by molar-refractivity contribution is 5.75. The molecule has 0 aromatic heterocycles. The third-order valence-corrected chi connectivity index (χ3v) is 4.33. The Morgan fingerprint density at radius 3 is 2.33 bits per heavy atom. The maximum Gasteiger partial charge on any atom is 0.323 e. The zero-order valence-electron chi connectivity index (χ0n) is 11.9. The van der Waals surface area contributed by atoms with Crippen LogP contribution < -0.4 is 0 Å². The summed E-state index contributed by atoms with van der Waals surface area (Å²) in [6, 6.07) is -0.113. The number of carbonyl (C=O) groups is 1. The summed E-state index contributed by atoms with van der Waals surface area (Å²) in [7, 11) is 0. The second-order valence-corrected chi connectivity index (χ2v) is 5.22. The standard InChI is InChI=1S/C14H27NO3/c1-4-12(13(17)18-6-3)15-9-7-14(5-2,11-16)8-10-15/h12,16H,4-11H2,1-3H3. The van der Waals surface area contributed by atoms with Crippen molar-refractivity contribution >= 4 is 5.97 Å². The highest BCUT2D eigenvalue weighted by atomic mass is 16.5. The maximum atomic E-state index is 11.9. The number of esters is 1. The van der Waals surface area contributed by atoms with Gasteiger partial charge in [-0.1, -0.05) is 13.8 Å².